The number of nitrogens with one attached hydrogen (secondary N) is 1. The summed E-state index contributed by atoms with van der Waals surface area (Å²) >= 11 is 0. The minimum atomic E-state index is -3.83. The Morgan fingerprint density at radius 2 is 1.70 bits per heavy atom. The van der Waals surface area contributed by atoms with Crippen molar-refractivity contribution in [1.29, 1.82) is 0 Å². The third-order valence-electron chi connectivity index (χ3n) is 5.45. The van der Waals surface area contributed by atoms with Gasteiger partial charge in [0.05, 0.1) is 4.90 Å². The molecule has 0 saturated carbocycles. The number of carbonyl (C=O) groups is 1. The maximum atomic E-state index is 13.3. The van der Waals surface area contributed by atoms with Gasteiger partial charge in [-0.15, -0.1) is 0 Å². The van der Waals surface area contributed by atoms with Crippen LogP contribution in [0.1, 0.15) is 34.0 Å². The molecule has 1 amide bonds. The summed E-state index contributed by atoms with van der Waals surface area (Å²) in [6, 6.07) is 19.8. The summed E-state index contributed by atoms with van der Waals surface area (Å²) in [5, 5.41) is 0. The highest BCUT2D eigenvalue weighted by Crippen LogP contribution is 2.33. The van der Waals surface area contributed by atoms with E-state index in [1.54, 1.807) is 36.1 Å². The standard InChI is InChI=1S/C24H24N2O3S/c1-16-8-12-21(13-9-16)25-30(28,29)23-15-20(11-10-17(23)2)24(27)26-18(3)14-19-6-4-5-7-22(19)26/h4-13,15,18,25H,14H2,1-3H3/t18-/m0/s1. The molecule has 30 heavy (non-hydrogen) atoms. The van der Waals surface area contributed by atoms with Crippen LogP contribution in [0.15, 0.2) is 71.6 Å². The zero-order valence-electron chi connectivity index (χ0n) is 17.2. The van der Waals surface area contributed by atoms with Gasteiger partial charge in [-0.3, -0.25) is 9.52 Å². The van der Waals surface area contributed by atoms with Gasteiger partial charge in [0.2, 0.25) is 0 Å². The first-order valence-corrected chi connectivity index (χ1v) is 11.4. The normalized spacial score (nSPS) is 15.7. The Morgan fingerprint density at radius 3 is 2.43 bits per heavy atom. The van der Waals surface area contributed by atoms with E-state index in [0.717, 1.165) is 23.2 Å². The fourth-order valence-electron chi connectivity index (χ4n) is 3.87. The lowest BCUT2D eigenvalue weighted by Gasteiger charge is -2.23. The molecule has 5 nitrogen and oxygen atoms in total. The second-order valence-electron chi connectivity index (χ2n) is 7.81. The van der Waals surface area contributed by atoms with Crippen LogP contribution in [0.25, 0.3) is 0 Å². The van der Waals surface area contributed by atoms with Gasteiger partial charge in [-0.2, -0.15) is 0 Å². The van der Waals surface area contributed by atoms with Crippen molar-refractivity contribution < 1.29 is 13.2 Å². The molecule has 0 spiro atoms. The summed E-state index contributed by atoms with van der Waals surface area (Å²) in [6.45, 7) is 5.67. The molecule has 0 aromatic heterocycles. The minimum absolute atomic E-state index is 0.0157. The lowest BCUT2D eigenvalue weighted by molar-refractivity contribution is 0.0981. The Bertz CT molecular complexity index is 1220. The van der Waals surface area contributed by atoms with E-state index in [2.05, 4.69) is 4.72 Å². The molecule has 1 aliphatic rings. The van der Waals surface area contributed by atoms with Crippen LogP contribution in [0, 0.1) is 13.8 Å². The Balaban J connectivity index is 1.68. The van der Waals surface area contributed by atoms with Crippen molar-refractivity contribution in [2.24, 2.45) is 0 Å². The number of aryl methyl sites for hydroxylation is 2. The molecule has 1 aliphatic heterocycles. The molecular formula is C24H24N2O3S. The number of hydrogen-bond acceptors (Lipinski definition) is 3. The highest BCUT2D eigenvalue weighted by molar-refractivity contribution is 7.92. The zero-order chi connectivity index (χ0) is 21.5. The molecule has 0 radical (unpaired) electrons. The average Bonchev–Trinajstić information content (AvgIpc) is 3.05. The van der Waals surface area contributed by atoms with Gasteiger partial charge in [0.25, 0.3) is 15.9 Å². The molecule has 0 saturated heterocycles. The predicted molar refractivity (Wildman–Crippen MR) is 120 cm³/mol. The fourth-order valence-corrected chi connectivity index (χ4v) is 5.20. The van der Waals surface area contributed by atoms with Crippen LogP contribution in [0.3, 0.4) is 0 Å². The number of carbonyl (C=O) groups excluding carboxylic acids is 1. The van der Waals surface area contributed by atoms with Crippen LogP contribution in [0.5, 0.6) is 0 Å². The molecule has 0 bridgehead atoms. The number of sulfonamides is 1. The first kappa shape index (κ1) is 20.2. The van der Waals surface area contributed by atoms with Crippen molar-refractivity contribution in [1.82, 2.24) is 0 Å². The fraction of sp³-hybridized carbons (Fsp3) is 0.208. The van der Waals surface area contributed by atoms with E-state index in [9.17, 15) is 13.2 Å². The third kappa shape index (κ3) is 3.71. The summed E-state index contributed by atoms with van der Waals surface area (Å²) < 4.78 is 28.7. The number of amides is 1. The maximum Gasteiger partial charge on any atom is 0.262 e. The molecule has 1 heterocycles. The summed E-state index contributed by atoms with van der Waals surface area (Å²) in [5.41, 5.74) is 4.48. The second-order valence-corrected chi connectivity index (χ2v) is 9.46. The van der Waals surface area contributed by atoms with Crippen molar-refractivity contribution in [3.8, 4) is 0 Å². The molecule has 1 atom stereocenters. The number of benzene rings is 3. The van der Waals surface area contributed by atoms with E-state index in [-0.39, 0.29) is 16.8 Å². The zero-order valence-corrected chi connectivity index (χ0v) is 18.0. The SMILES string of the molecule is Cc1ccc(NS(=O)(=O)c2cc(C(=O)N3c4ccccc4C[C@@H]3C)ccc2C)cc1. The number of nitrogens with zero attached hydrogens (tertiary/aromatic N) is 1. The van der Waals surface area contributed by atoms with Crippen LogP contribution < -0.4 is 9.62 Å². The van der Waals surface area contributed by atoms with E-state index < -0.39 is 10.0 Å². The predicted octanol–water partition coefficient (Wildman–Crippen LogP) is 4.70. The van der Waals surface area contributed by atoms with Crippen LogP contribution in [-0.4, -0.2) is 20.4 Å². The molecule has 1 N–H and O–H groups in total. The molecule has 6 heteroatoms. The lowest BCUT2D eigenvalue weighted by atomic mass is 10.1. The van der Waals surface area contributed by atoms with Gasteiger partial charge in [-0.1, -0.05) is 42.0 Å². The Labute approximate surface area is 177 Å². The summed E-state index contributed by atoms with van der Waals surface area (Å²) in [6.07, 6.45) is 0.786. The van der Waals surface area contributed by atoms with Gasteiger partial charge in [-0.05, 0) is 68.7 Å². The molecular weight excluding hydrogens is 396 g/mol. The number of hydrogen-bond donors (Lipinski definition) is 1. The van der Waals surface area contributed by atoms with E-state index in [0.29, 0.717) is 16.8 Å². The highest BCUT2D eigenvalue weighted by Gasteiger charge is 2.32. The maximum absolute atomic E-state index is 13.3. The molecule has 4 rings (SSSR count). The van der Waals surface area contributed by atoms with Crippen molar-refractivity contribution in [3.05, 3.63) is 89.0 Å². The topological polar surface area (TPSA) is 66.5 Å². The van der Waals surface area contributed by atoms with E-state index in [1.165, 1.54) is 6.07 Å². The first-order valence-electron chi connectivity index (χ1n) is 9.88. The lowest BCUT2D eigenvalue weighted by Crippen LogP contribution is -2.35. The van der Waals surface area contributed by atoms with Crippen molar-refractivity contribution in [3.63, 3.8) is 0 Å². The Morgan fingerprint density at radius 1 is 1.00 bits per heavy atom. The number of fused-ring (bicyclic) bond motifs is 1. The average molecular weight is 421 g/mol. The van der Waals surface area contributed by atoms with Crippen molar-refractivity contribution >= 4 is 27.3 Å². The van der Waals surface area contributed by atoms with Crippen LogP contribution in [-0.2, 0) is 16.4 Å². The quantitative estimate of drug-likeness (QED) is 0.666. The van der Waals surface area contributed by atoms with Gasteiger partial charge in [0, 0.05) is 23.0 Å². The Kier molecular flexibility index (Phi) is 5.12. The number of rotatable bonds is 4. The van der Waals surface area contributed by atoms with Crippen molar-refractivity contribution in [2.45, 2.75) is 38.1 Å². The van der Waals surface area contributed by atoms with E-state index in [4.69, 9.17) is 0 Å². The van der Waals surface area contributed by atoms with Gasteiger partial charge >= 0.3 is 0 Å². The van der Waals surface area contributed by atoms with E-state index in [1.807, 2.05) is 50.2 Å². The third-order valence-corrected chi connectivity index (χ3v) is 6.98. The monoisotopic (exact) mass is 420 g/mol. The molecule has 0 fully saturated rings. The van der Waals surface area contributed by atoms with Crippen LogP contribution in [0.2, 0.25) is 0 Å². The van der Waals surface area contributed by atoms with Crippen molar-refractivity contribution in [2.75, 3.05) is 9.62 Å². The number of para-hydroxylation sites is 1. The first-order chi connectivity index (χ1) is 14.3. The minimum Gasteiger partial charge on any atom is -0.305 e. The molecule has 3 aromatic rings. The summed E-state index contributed by atoms with van der Waals surface area (Å²) in [4.78, 5) is 15.2. The van der Waals surface area contributed by atoms with Gasteiger partial charge < -0.3 is 4.90 Å². The highest BCUT2D eigenvalue weighted by atomic mass is 32.2. The van der Waals surface area contributed by atoms with E-state index >= 15 is 0 Å². The summed E-state index contributed by atoms with van der Waals surface area (Å²) in [5.74, 6) is -0.195. The second kappa shape index (κ2) is 7.61. The molecule has 0 unspecified atom stereocenters. The van der Waals surface area contributed by atoms with Crippen LogP contribution in [0.4, 0.5) is 11.4 Å². The van der Waals surface area contributed by atoms with Gasteiger partial charge in [-0.25, -0.2) is 8.42 Å². The Hall–Kier alpha value is -3.12. The molecule has 0 aliphatic carbocycles. The van der Waals surface area contributed by atoms with Gasteiger partial charge in [0.1, 0.15) is 0 Å². The number of anilines is 2. The molecule has 154 valence electrons. The van der Waals surface area contributed by atoms with Crippen LogP contribution >= 0.6 is 0 Å². The molecule has 3 aromatic carbocycles. The largest absolute Gasteiger partial charge is 0.305 e. The van der Waals surface area contributed by atoms with Gasteiger partial charge in [0.15, 0.2) is 0 Å². The smallest absolute Gasteiger partial charge is 0.262 e. The summed E-state index contributed by atoms with van der Waals surface area (Å²) in [7, 11) is -3.83.